The molecule has 1 heterocycles. The fourth-order valence-corrected chi connectivity index (χ4v) is 3.11. The van der Waals surface area contributed by atoms with E-state index >= 15 is 0 Å². The van der Waals surface area contributed by atoms with Gasteiger partial charge in [0.05, 0.1) is 11.1 Å². The van der Waals surface area contributed by atoms with E-state index in [4.69, 9.17) is 0 Å². The van der Waals surface area contributed by atoms with Crippen molar-refractivity contribution in [2.75, 3.05) is 13.1 Å². The van der Waals surface area contributed by atoms with Crippen molar-refractivity contribution in [2.24, 2.45) is 0 Å². The van der Waals surface area contributed by atoms with Crippen LogP contribution in [0.3, 0.4) is 0 Å². The lowest BCUT2D eigenvalue weighted by molar-refractivity contribution is 0.0574. The quantitative estimate of drug-likeness (QED) is 0.781. The van der Waals surface area contributed by atoms with Crippen LogP contribution < -0.4 is 0 Å². The average molecular weight is 277 g/mol. The van der Waals surface area contributed by atoms with Gasteiger partial charge in [-0.15, -0.1) is 0 Å². The first-order chi connectivity index (χ1) is 9.34. The predicted octanol–water partition coefficient (Wildman–Crippen LogP) is 3.89. The Kier molecular flexibility index (Phi) is 4.28. The first kappa shape index (κ1) is 15.2. The molecule has 0 N–H and O–H groups in total. The van der Waals surface area contributed by atoms with Gasteiger partial charge in [-0.3, -0.25) is 9.69 Å². The first-order valence-electron chi connectivity index (χ1n) is 7.40. The number of nitrogens with zero attached hydrogens (tertiary/aromatic N) is 1. The molecular formula is C17H24FNO. The molecule has 3 heteroatoms. The third-order valence-electron chi connectivity index (χ3n) is 4.36. The van der Waals surface area contributed by atoms with E-state index in [1.54, 1.807) is 0 Å². The zero-order valence-electron chi connectivity index (χ0n) is 12.9. The van der Waals surface area contributed by atoms with Crippen molar-refractivity contribution in [2.45, 2.75) is 52.5 Å². The van der Waals surface area contributed by atoms with Crippen LogP contribution >= 0.6 is 0 Å². The van der Waals surface area contributed by atoms with Crippen molar-refractivity contribution < 1.29 is 9.18 Å². The smallest absolute Gasteiger partial charge is 0.185 e. The normalized spacial score (nSPS) is 17.2. The summed E-state index contributed by atoms with van der Waals surface area (Å²) in [7, 11) is 0. The number of aryl methyl sites for hydroxylation is 2. The van der Waals surface area contributed by atoms with Crippen LogP contribution in [-0.4, -0.2) is 29.3 Å². The Morgan fingerprint density at radius 1 is 1.15 bits per heavy atom. The molecule has 0 bridgehead atoms. The summed E-state index contributed by atoms with van der Waals surface area (Å²) in [6.07, 6.45) is 3.46. The highest BCUT2D eigenvalue weighted by Crippen LogP contribution is 2.27. The molecule has 1 aliphatic heterocycles. The van der Waals surface area contributed by atoms with Gasteiger partial charge in [-0.25, -0.2) is 4.39 Å². The zero-order valence-corrected chi connectivity index (χ0v) is 12.9. The van der Waals surface area contributed by atoms with Crippen molar-refractivity contribution in [1.29, 1.82) is 0 Å². The predicted molar refractivity (Wildman–Crippen MR) is 79.7 cm³/mol. The number of hydrogen-bond donors (Lipinski definition) is 0. The number of likely N-dealkylation sites (tertiary alicyclic amines) is 1. The van der Waals surface area contributed by atoms with E-state index in [-0.39, 0.29) is 11.3 Å². The van der Waals surface area contributed by atoms with E-state index < -0.39 is 11.4 Å². The summed E-state index contributed by atoms with van der Waals surface area (Å²) < 4.78 is 14.2. The average Bonchev–Trinajstić information content (AvgIpc) is 2.38. The van der Waals surface area contributed by atoms with E-state index in [1.165, 1.54) is 12.5 Å². The van der Waals surface area contributed by atoms with Gasteiger partial charge in [0, 0.05) is 0 Å². The van der Waals surface area contributed by atoms with E-state index in [1.807, 2.05) is 33.8 Å². The minimum Gasteiger partial charge on any atom is -0.292 e. The van der Waals surface area contributed by atoms with Gasteiger partial charge in [0.25, 0.3) is 0 Å². The Balaban J connectivity index is 2.34. The van der Waals surface area contributed by atoms with Gasteiger partial charge in [-0.05, 0) is 70.8 Å². The number of Topliss-reactive ketones (excluding diaryl/α,β-unsaturated/α-hetero) is 1. The second-order valence-corrected chi connectivity index (χ2v) is 6.37. The summed E-state index contributed by atoms with van der Waals surface area (Å²) in [6, 6.07) is 3.33. The standard InChI is InChI=1S/C17H24FNO/c1-12-10-13(2)15(14(18)11-12)16(20)17(3,4)19-8-6-5-7-9-19/h10-11H,5-9H2,1-4H3. The number of ketones is 1. The van der Waals surface area contributed by atoms with E-state index in [0.29, 0.717) is 0 Å². The molecule has 0 atom stereocenters. The number of rotatable bonds is 3. The molecular weight excluding hydrogens is 253 g/mol. The molecule has 2 nitrogen and oxygen atoms in total. The van der Waals surface area contributed by atoms with Gasteiger partial charge in [0.1, 0.15) is 5.82 Å². The maximum Gasteiger partial charge on any atom is 0.185 e. The Bertz CT molecular complexity index is 493. The third kappa shape index (κ3) is 2.78. The molecule has 0 saturated carbocycles. The van der Waals surface area contributed by atoms with E-state index in [0.717, 1.165) is 37.1 Å². The first-order valence-corrected chi connectivity index (χ1v) is 7.40. The van der Waals surface area contributed by atoms with Crippen LogP contribution in [0.1, 0.15) is 54.6 Å². The van der Waals surface area contributed by atoms with Crippen molar-refractivity contribution >= 4 is 5.78 Å². The number of halogens is 1. The summed E-state index contributed by atoms with van der Waals surface area (Å²) in [5.74, 6) is -0.494. The molecule has 0 amide bonds. The van der Waals surface area contributed by atoms with Crippen LogP contribution in [-0.2, 0) is 0 Å². The van der Waals surface area contributed by atoms with Gasteiger partial charge in [0.2, 0.25) is 0 Å². The fourth-order valence-electron chi connectivity index (χ4n) is 3.11. The van der Waals surface area contributed by atoms with Crippen molar-refractivity contribution in [3.8, 4) is 0 Å². The lowest BCUT2D eigenvalue weighted by Gasteiger charge is -2.40. The lowest BCUT2D eigenvalue weighted by Crippen LogP contribution is -2.52. The SMILES string of the molecule is Cc1cc(C)c(C(=O)C(C)(C)N2CCCCC2)c(F)c1. The monoisotopic (exact) mass is 277 g/mol. The topological polar surface area (TPSA) is 20.3 Å². The highest BCUT2D eigenvalue weighted by atomic mass is 19.1. The summed E-state index contributed by atoms with van der Waals surface area (Å²) >= 11 is 0. The van der Waals surface area contributed by atoms with E-state index in [9.17, 15) is 9.18 Å². The second-order valence-electron chi connectivity index (χ2n) is 6.37. The number of piperidine rings is 1. The molecule has 0 aromatic heterocycles. The number of carbonyl (C=O) groups excluding carboxylic acids is 1. The van der Waals surface area contributed by atoms with Gasteiger partial charge < -0.3 is 0 Å². The maximum absolute atomic E-state index is 14.2. The van der Waals surface area contributed by atoms with Crippen LogP contribution in [0.2, 0.25) is 0 Å². The zero-order chi connectivity index (χ0) is 14.9. The third-order valence-corrected chi connectivity index (χ3v) is 4.36. The highest BCUT2D eigenvalue weighted by Gasteiger charge is 2.37. The molecule has 1 aromatic rings. The summed E-state index contributed by atoms with van der Waals surface area (Å²) in [6.45, 7) is 9.34. The van der Waals surface area contributed by atoms with Gasteiger partial charge >= 0.3 is 0 Å². The molecule has 0 spiro atoms. The summed E-state index contributed by atoms with van der Waals surface area (Å²) in [4.78, 5) is 15.0. The van der Waals surface area contributed by atoms with Crippen molar-refractivity contribution in [3.63, 3.8) is 0 Å². The molecule has 0 unspecified atom stereocenters. The van der Waals surface area contributed by atoms with Crippen molar-refractivity contribution in [1.82, 2.24) is 4.90 Å². The fraction of sp³-hybridized carbons (Fsp3) is 0.588. The molecule has 110 valence electrons. The molecule has 1 saturated heterocycles. The Morgan fingerprint density at radius 2 is 1.75 bits per heavy atom. The van der Waals surface area contributed by atoms with Crippen LogP contribution in [0.25, 0.3) is 0 Å². The molecule has 1 aliphatic rings. The Labute approximate surface area is 121 Å². The second kappa shape index (κ2) is 5.65. The summed E-state index contributed by atoms with van der Waals surface area (Å²) in [5.41, 5.74) is 1.21. The van der Waals surface area contributed by atoms with Gasteiger partial charge in [-0.1, -0.05) is 12.5 Å². The Hall–Kier alpha value is -1.22. The maximum atomic E-state index is 14.2. The molecule has 2 rings (SSSR count). The summed E-state index contributed by atoms with van der Waals surface area (Å²) in [5, 5.41) is 0. The largest absolute Gasteiger partial charge is 0.292 e. The van der Waals surface area contributed by atoms with Crippen LogP contribution in [0.5, 0.6) is 0 Å². The number of hydrogen-bond acceptors (Lipinski definition) is 2. The molecule has 1 fully saturated rings. The van der Waals surface area contributed by atoms with E-state index in [2.05, 4.69) is 4.90 Å². The minimum atomic E-state index is -0.638. The number of benzene rings is 1. The molecule has 0 aliphatic carbocycles. The molecule has 20 heavy (non-hydrogen) atoms. The lowest BCUT2D eigenvalue weighted by atomic mass is 9.87. The van der Waals surface area contributed by atoms with Gasteiger partial charge in [-0.2, -0.15) is 0 Å². The van der Waals surface area contributed by atoms with Crippen molar-refractivity contribution in [3.05, 3.63) is 34.6 Å². The van der Waals surface area contributed by atoms with Crippen LogP contribution in [0, 0.1) is 19.7 Å². The van der Waals surface area contributed by atoms with Crippen LogP contribution in [0.15, 0.2) is 12.1 Å². The van der Waals surface area contributed by atoms with Crippen LogP contribution in [0.4, 0.5) is 4.39 Å². The Morgan fingerprint density at radius 3 is 2.30 bits per heavy atom. The van der Waals surface area contributed by atoms with Gasteiger partial charge in [0.15, 0.2) is 5.78 Å². The minimum absolute atomic E-state index is 0.102. The highest BCUT2D eigenvalue weighted by molar-refractivity contribution is 6.04. The number of carbonyl (C=O) groups is 1. The molecule has 0 radical (unpaired) electrons. The molecule has 1 aromatic carbocycles.